The number of hydrogen-bond donors (Lipinski definition) is 0. The molecule has 29 heavy (non-hydrogen) atoms. The molecular weight excluding hydrogens is 364 g/mol. The Balaban J connectivity index is 1.29. The fourth-order valence-electron chi connectivity index (χ4n) is 4.53. The Morgan fingerprint density at radius 1 is 1.00 bits per heavy atom. The molecule has 0 N–H and O–H groups in total. The lowest BCUT2D eigenvalue weighted by atomic mass is 10.0. The third-order valence-electron chi connectivity index (χ3n) is 6.08. The zero-order valence-electron chi connectivity index (χ0n) is 16.7. The average molecular weight is 388 g/mol. The standard InChI is InChI=1S/C22H24N6O/c1-15-8-9-23-22(25-15)27-13-17-11-26(12-18(17)14-27)21(29)20-10-24-28(16(20)2)19-6-4-3-5-7-19/h3-10,17-18H,11-14H2,1-2H3. The Morgan fingerprint density at radius 3 is 2.41 bits per heavy atom. The van der Waals surface area contributed by atoms with Gasteiger partial charge in [0.15, 0.2) is 0 Å². The summed E-state index contributed by atoms with van der Waals surface area (Å²) >= 11 is 0. The number of carbonyl (C=O) groups is 1. The van der Waals surface area contributed by atoms with Crippen molar-refractivity contribution in [2.45, 2.75) is 13.8 Å². The predicted octanol–water partition coefficient (Wildman–Crippen LogP) is 2.49. The number of likely N-dealkylation sites (tertiary alicyclic amines) is 1. The Hall–Kier alpha value is -3.22. The number of aryl methyl sites for hydroxylation is 1. The zero-order valence-corrected chi connectivity index (χ0v) is 16.7. The molecule has 1 amide bonds. The van der Waals surface area contributed by atoms with Crippen LogP contribution in [0.3, 0.4) is 0 Å². The highest BCUT2D eigenvalue weighted by Gasteiger charge is 2.42. The van der Waals surface area contributed by atoms with Gasteiger partial charge in [0.2, 0.25) is 5.95 Å². The summed E-state index contributed by atoms with van der Waals surface area (Å²) in [6.45, 7) is 7.31. The monoisotopic (exact) mass is 388 g/mol. The third-order valence-corrected chi connectivity index (χ3v) is 6.08. The number of anilines is 1. The first-order valence-electron chi connectivity index (χ1n) is 10.0. The minimum Gasteiger partial charge on any atom is -0.340 e. The van der Waals surface area contributed by atoms with Gasteiger partial charge in [-0.25, -0.2) is 14.6 Å². The fourth-order valence-corrected chi connectivity index (χ4v) is 4.53. The second kappa shape index (κ2) is 6.99. The second-order valence-corrected chi connectivity index (χ2v) is 8.02. The summed E-state index contributed by atoms with van der Waals surface area (Å²) in [5.41, 5.74) is 3.52. The average Bonchev–Trinajstić information content (AvgIpc) is 3.41. The number of benzene rings is 1. The summed E-state index contributed by atoms with van der Waals surface area (Å²) in [5, 5.41) is 4.46. The Bertz CT molecular complexity index is 1030. The number of para-hydroxylation sites is 1. The summed E-state index contributed by atoms with van der Waals surface area (Å²) in [6, 6.07) is 11.8. The lowest BCUT2D eigenvalue weighted by Gasteiger charge is -2.22. The van der Waals surface area contributed by atoms with E-state index in [1.54, 1.807) is 6.20 Å². The molecule has 2 unspecified atom stereocenters. The van der Waals surface area contributed by atoms with Gasteiger partial charge in [0.05, 0.1) is 23.1 Å². The molecule has 3 aromatic rings. The first kappa shape index (κ1) is 17.8. The highest BCUT2D eigenvalue weighted by molar-refractivity contribution is 5.95. The van der Waals surface area contributed by atoms with E-state index in [2.05, 4.69) is 20.0 Å². The van der Waals surface area contributed by atoms with E-state index in [0.717, 1.165) is 49.2 Å². The molecule has 0 saturated carbocycles. The van der Waals surface area contributed by atoms with E-state index in [1.165, 1.54) is 0 Å². The van der Waals surface area contributed by atoms with E-state index in [4.69, 9.17) is 0 Å². The summed E-state index contributed by atoms with van der Waals surface area (Å²) < 4.78 is 1.83. The van der Waals surface area contributed by atoms with Gasteiger partial charge in [-0.3, -0.25) is 4.79 Å². The number of hydrogen-bond acceptors (Lipinski definition) is 5. The van der Waals surface area contributed by atoms with E-state index in [-0.39, 0.29) is 5.91 Å². The van der Waals surface area contributed by atoms with Gasteiger partial charge >= 0.3 is 0 Å². The molecule has 5 rings (SSSR count). The molecule has 1 aromatic carbocycles. The van der Waals surface area contributed by atoms with Crippen LogP contribution in [0.2, 0.25) is 0 Å². The van der Waals surface area contributed by atoms with Gasteiger partial charge in [0.25, 0.3) is 5.91 Å². The van der Waals surface area contributed by atoms with Crippen LogP contribution in [0.5, 0.6) is 0 Å². The van der Waals surface area contributed by atoms with Crippen molar-refractivity contribution in [1.29, 1.82) is 0 Å². The van der Waals surface area contributed by atoms with E-state index in [1.807, 2.05) is 66.0 Å². The minimum atomic E-state index is 0.0810. The molecule has 7 heteroatoms. The minimum absolute atomic E-state index is 0.0810. The number of aromatic nitrogens is 4. The lowest BCUT2D eigenvalue weighted by Crippen LogP contribution is -2.34. The van der Waals surface area contributed by atoms with Crippen molar-refractivity contribution in [3.05, 3.63) is 65.7 Å². The Labute approximate surface area is 170 Å². The summed E-state index contributed by atoms with van der Waals surface area (Å²) in [4.78, 5) is 26.4. The second-order valence-electron chi connectivity index (χ2n) is 8.02. The zero-order chi connectivity index (χ0) is 20.0. The number of carbonyl (C=O) groups excluding carboxylic acids is 1. The molecule has 0 spiro atoms. The molecular formula is C22H24N6O. The highest BCUT2D eigenvalue weighted by atomic mass is 16.2. The molecule has 2 aliphatic heterocycles. The SMILES string of the molecule is Cc1ccnc(N2CC3CN(C(=O)c4cnn(-c5ccccc5)c4C)CC3C2)n1. The van der Waals surface area contributed by atoms with Crippen molar-refractivity contribution in [2.24, 2.45) is 11.8 Å². The first-order valence-corrected chi connectivity index (χ1v) is 10.0. The molecule has 0 aliphatic carbocycles. The highest BCUT2D eigenvalue weighted by Crippen LogP contribution is 2.33. The smallest absolute Gasteiger partial charge is 0.257 e. The number of rotatable bonds is 3. The maximum Gasteiger partial charge on any atom is 0.257 e. The van der Waals surface area contributed by atoms with Crippen LogP contribution in [0.25, 0.3) is 5.69 Å². The van der Waals surface area contributed by atoms with Crippen LogP contribution in [0.15, 0.2) is 48.8 Å². The predicted molar refractivity (Wildman–Crippen MR) is 110 cm³/mol. The van der Waals surface area contributed by atoms with Gasteiger partial charge < -0.3 is 9.80 Å². The van der Waals surface area contributed by atoms with Crippen LogP contribution in [0, 0.1) is 25.7 Å². The van der Waals surface area contributed by atoms with Crippen LogP contribution in [0.4, 0.5) is 5.95 Å². The van der Waals surface area contributed by atoms with Crippen LogP contribution in [0.1, 0.15) is 21.7 Å². The molecule has 2 aromatic heterocycles. The van der Waals surface area contributed by atoms with Gasteiger partial charge in [0, 0.05) is 49.9 Å². The molecule has 7 nitrogen and oxygen atoms in total. The maximum absolute atomic E-state index is 13.2. The molecule has 2 aliphatic rings. The molecule has 0 radical (unpaired) electrons. The molecule has 2 saturated heterocycles. The molecule has 2 atom stereocenters. The molecule has 148 valence electrons. The van der Waals surface area contributed by atoms with Crippen LogP contribution in [-0.4, -0.2) is 56.7 Å². The fraction of sp³-hybridized carbons (Fsp3) is 0.364. The Morgan fingerprint density at radius 2 is 1.72 bits per heavy atom. The van der Waals surface area contributed by atoms with Crippen molar-refractivity contribution >= 4 is 11.9 Å². The van der Waals surface area contributed by atoms with Gasteiger partial charge in [0.1, 0.15) is 0 Å². The van der Waals surface area contributed by atoms with Crippen LogP contribution < -0.4 is 4.90 Å². The summed E-state index contributed by atoms with van der Waals surface area (Å²) in [6.07, 6.45) is 3.51. The van der Waals surface area contributed by atoms with Gasteiger partial charge in [-0.2, -0.15) is 5.10 Å². The molecule has 2 fully saturated rings. The van der Waals surface area contributed by atoms with E-state index >= 15 is 0 Å². The number of fused-ring (bicyclic) bond motifs is 1. The third kappa shape index (κ3) is 3.16. The van der Waals surface area contributed by atoms with E-state index < -0.39 is 0 Å². The van der Waals surface area contributed by atoms with E-state index in [0.29, 0.717) is 17.4 Å². The molecule has 0 bridgehead atoms. The van der Waals surface area contributed by atoms with Gasteiger partial charge in [-0.15, -0.1) is 0 Å². The number of amides is 1. The van der Waals surface area contributed by atoms with Crippen molar-refractivity contribution in [2.75, 3.05) is 31.1 Å². The number of nitrogens with zero attached hydrogens (tertiary/aromatic N) is 6. The van der Waals surface area contributed by atoms with Crippen molar-refractivity contribution in [1.82, 2.24) is 24.6 Å². The maximum atomic E-state index is 13.2. The van der Waals surface area contributed by atoms with Crippen molar-refractivity contribution in [3.63, 3.8) is 0 Å². The van der Waals surface area contributed by atoms with Gasteiger partial charge in [-0.1, -0.05) is 18.2 Å². The molecule has 4 heterocycles. The first-order chi connectivity index (χ1) is 14.1. The summed E-state index contributed by atoms with van der Waals surface area (Å²) in [7, 11) is 0. The van der Waals surface area contributed by atoms with E-state index in [9.17, 15) is 4.79 Å². The largest absolute Gasteiger partial charge is 0.340 e. The quantitative estimate of drug-likeness (QED) is 0.690. The summed E-state index contributed by atoms with van der Waals surface area (Å²) in [5.74, 6) is 1.81. The van der Waals surface area contributed by atoms with Crippen LogP contribution in [-0.2, 0) is 0 Å². The normalized spacial score (nSPS) is 20.9. The van der Waals surface area contributed by atoms with Gasteiger partial charge in [-0.05, 0) is 32.0 Å². The lowest BCUT2D eigenvalue weighted by molar-refractivity contribution is 0.0782. The topological polar surface area (TPSA) is 67.2 Å². The van der Waals surface area contributed by atoms with Crippen molar-refractivity contribution in [3.8, 4) is 5.69 Å². The van der Waals surface area contributed by atoms with Crippen LogP contribution >= 0.6 is 0 Å². The Kier molecular flexibility index (Phi) is 4.30. The van der Waals surface area contributed by atoms with Crippen molar-refractivity contribution < 1.29 is 4.79 Å².